The molecule has 0 aromatic heterocycles. The quantitative estimate of drug-likeness (QED) is 0.217. The van der Waals surface area contributed by atoms with E-state index in [1.807, 2.05) is 74.5 Å². The number of para-hydroxylation sites is 1. The van der Waals surface area contributed by atoms with Gasteiger partial charge in [-0.1, -0.05) is 90.8 Å². The van der Waals surface area contributed by atoms with Gasteiger partial charge in [-0.15, -0.1) is 23.2 Å². The van der Waals surface area contributed by atoms with Crippen LogP contribution in [-0.2, 0) is 25.5 Å². The summed E-state index contributed by atoms with van der Waals surface area (Å²) in [6.07, 6.45) is -0.518. The fourth-order valence-corrected chi connectivity index (χ4v) is 10.9. The second-order valence-corrected chi connectivity index (χ2v) is 16.8. The Bertz CT molecular complexity index is 1920. The summed E-state index contributed by atoms with van der Waals surface area (Å²) in [4.78, 5) is 2.56. The van der Waals surface area contributed by atoms with Gasteiger partial charge in [0, 0.05) is 42.7 Å². The molecule has 0 spiro atoms. The maximum Gasteiger partial charge on any atom is 0.245 e. The predicted molar refractivity (Wildman–Crippen MR) is 185 cm³/mol. The third-order valence-electron chi connectivity index (χ3n) is 9.62. The second-order valence-electron chi connectivity index (χ2n) is 12.2. The van der Waals surface area contributed by atoms with Crippen LogP contribution in [0, 0.1) is 13.8 Å². The summed E-state index contributed by atoms with van der Waals surface area (Å²) in [5.41, 5.74) is 4.34. The Labute approximate surface area is 282 Å². The van der Waals surface area contributed by atoms with Crippen LogP contribution in [0.25, 0.3) is 0 Å². The molecule has 0 radical (unpaired) electrons. The second kappa shape index (κ2) is 12.6. The fraction of sp³-hybridized carbons (Fsp3) is 0.314. The van der Waals surface area contributed by atoms with Crippen molar-refractivity contribution in [3.8, 4) is 0 Å². The Morgan fingerprint density at radius 3 is 1.83 bits per heavy atom. The van der Waals surface area contributed by atoms with Crippen molar-refractivity contribution in [2.45, 2.75) is 54.1 Å². The molecule has 0 aliphatic carbocycles. The Morgan fingerprint density at radius 1 is 0.717 bits per heavy atom. The number of aryl methyl sites for hydroxylation is 2. The van der Waals surface area contributed by atoms with Gasteiger partial charge in [0.15, 0.2) is 0 Å². The average molecular weight is 699 g/mol. The highest BCUT2D eigenvalue weighted by Crippen LogP contribution is 2.61. The third kappa shape index (κ3) is 5.35. The number of anilines is 1. The van der Waals surface area contributed by atoms with Crippen LogP contribution >= 0.6 is 23.2 Å². The van der Waals surface area contributed by atoms with E-state index in [2.05, 4.69) is 17.9 Å². The molecule has 0 unspecified atom stereocenters. The minimum absolute atomic E-state index is 0.0446. The van der Waals surface area contributed by atoms with E-state index in [1.54, 1.807) is 40.7 Å². The molecule has 4 aromatic carbocycles. The topological polar surface area (TPSA) is 78.0 Å². The number of sulfonamides is 2. The first-order valence-corrected chi connectivity index (χ1v) is 19.1. The number of nitrogens with zero attached hydrogens (tertiary/aromatic N) is 3. The Hall–Kier alpha value is -2.92. The van der Waals surface area contributed by atoms with Gasteiger partial charge in [0.25, 0.3) is 0 Å². The lowest BCUT2D eigenvalue weighted by atomic mass is 9.68. The summed E-state index contributed by atoms with van der Waals surface area (Å²) in [5, 5.41) is 0.194. The lowest BCUT2D eigenvalue weighted by Gasteiger charge is -2.41. The van der Waals surface area contributed by atoms with Crippen LogP contribution in [0.3, 0.4) is 0 Å². The average Bonchev–Trinajstić information content (AvgIpc) is 3.45. The Balaban J connectivity index is 0.00000119. The van der Waals surface area contributed by atoms with Crippen LogP contribution in [0.2, 0.25) is 0 Å². The molecule has 4 aromatic rings. The lowest BCUT2D eigenvalue weighted by Crippen LogP contribution is -2.58. The minimum Gasteiger partial charge on any atom is -0.352 e. The molecule has 3 aliphatic heterocycles. The number of alkyl halides is 2. The molecule has 2 saturated heterocycles. The molecule has 2 bridgehead atoms. The number of hydrogen-bond acceptors (Lipinski definition) is 5. The van der Waals surface area contributed by atoms with Crippen molar-refractivity contribution in [1.29, 1.82) is 0 Å². The summed E-state index contributed by atoms with van der Waals surface area (Å²) in [7, 11) is -7.96. The standard InChI is InChI=1S/C34H35N3O4S2.CH2Cl2/c1-24-13-17-27(18-14-24)42(38,39)35-21-22-36-30-12-8-7-11-29(30)34(3)32(26-9-5-4-6-10-26)31(23-35)37(33(34)36)43(40,41)28-19-15-25(2)16-20-28;2-1-3/h4-20,31-33H,21-23H2,1-3H3;1H2/t31-,32+,33-,34+;/m0./s1. The summed E-state index contributed by atoms with van der Waals surface area (Å²) >= 11 is 9.53. The van der Waals surface area contributed by atoms with Crippen LogP contribution < -0.4 is 4.90 Å². The van der Waals surface area contributed by atoms with Crippen molar-refractivity contribution in [1.82, 2.24) is 8.61 Å². The summed E-state index contributed by atoms with van der Waals surface area (Å²) in [6, 6.07) is 31.3. The van der Waals surface area contributed by atoms with E-state index in [4.69, 9.17) is 23.2 Å². The zero-order chi connectivity index (χ0) is 32.9. The summed E-state index contributed by atoms with van der Waals surface area (Å²) < 4.78 is 61.2. The first-order chi connectivity index (χ1) is 22.0. The molecular weight excluding hydrogens is 661 g/mol. The molecule has 0 N–H and O–H groups in total. The Morgan fingerprint density at radius 2 is 1.24 bits per heavy atom. The van der Waals surface area contributed by atoms with E-state index in [1.165, 1.54) is 4.31 Å². The maximum atomic E-state index is 14.8. The highest BCUT2D eigenvalue weighted by Gasteiger charge is 2.67. The highest BCUT2D eigenvalue weighted by molar-refractivity contribution is 7.89. The van der Waals surface area contributed by atoms with Gasteiger partial charge < -0.3 is 4.90 Å². The van der Waals surface area contributed by atoms with E-state index in [-0.39, 0.29) is 34.1 Å². The van der Waals surface area contributed by atoms with Gasteiger partial charge in [-0.3, -0.25) is 0 Å². The molecular formula is C35H37Cl2N3O4S2. The molecule has 242 valence electrons. The number of rotatable bonds is 5. The van der Waals surface area contributed by atoms with Crippen LogP contribution in [0.4, 0.5) is 5.69 Å². The predicted octanol–water partition coefficient (Wildman–Crippen LogP) is 6.69. The fourth-order valence-electron chi connectivity index (χ4n) is 7.63. The summed E-state index contributed by atoms with van der Waals surface area (Å²) in [5.74, 6) is -0.307. The van der Waals surface area contributed by atoms with E-state index in [0.29, 0.717) is 6.54 Å². The number of halogens is 2. The van der Waals surface area contributed by atoms with Crippen LogP contribution in [-0.4, -0.2) is 62.6 Å². The zero-order valence-electron chi connectivity index (χ0n) is 25.9. The van der Waals surface area contributed by atoms with Gasteiger partial charge in [0.2, 0.25) is 20.0 Å². The number of hydrogen-bond donors (Lipinski definition) is 0. The number of benzene rings is 4. The first kappa shape index (κ1) is 33.0. The molecule has 46 heavy (non-hydrogen) atoms. The lowest BCUT2D eigenvalue weighted by molar-refractivity contribution is 0.235. The van der Waals surface area contributed by atoms with Crippen LogP contribution in [0.1, 0.15) is 35.1 Å². The van der Waals surface area contributed by atoms with Crippen LogP contribution in [0.15, 0.2) is 113 Å². The van der Waals surface area contributed by atoms with E-state index in [9.17, 15) is 16.8 Å². The van der Waals surface area contributed by atoms with Gasteiger partial charge in [0.1, 0.15) is 6.17 Å². The maximum absolute atomic E-state index is 14.8. The summed E-state index contributed by atoms with van der Waals surface area (Å²) in [6.45, 7) is 6.66. The van der Waals surface area contributed by atoms with E-state index in [0.717, 1.165) is 27.9 Å². The third-order valence-corrected chi connectivity index (χ3v) is 13.4. The van der Waals surface area contributed by atoms with Crippen molar-refractivity contribution in [2.24, 2.45) is 0 Å². The monoisotopic (exact) mass is 697 g/mol. The van der Waals surface area contributed by atoms with Crippen molar-refractivity contribution in [3.63, 3.8) is 0 Å². The van der Waals surface area contributed by atoms with Gasteiger partial charge in [-0.25, -0.2) is 16.8 Å². The Kier molecular flexibility index (Phi) is 9.04. The normalized spacial score (nSPS) is 24.5. The first-order valence-electron chi connectivity index (χ1n) is 15.2. The van der Waals surface area contributed by atoms with Gasteiger partial charge in [-0.2, -0.15) is 8.61 Å². The van der Waals surface area contributed by atoms with Crippen molar-refractivity contribution in [2.75, 3.05) is 29.9 Å². The van der Waals surface area contributed by atoms with Crippen molar-refractivity contribution >= 4 is 48.9 Å². The van der Waals surface area contributed by atoms with Crippen molar-refractivity contribution < 1.29 is 16.8 Å². The molecule has 0 saturated carbocycles. The molecule has 3 aliphatic rings. The SMILES string of the molecule is Cc1ccc(S(=O)(=O)N2CCN3c4ccccc4[C@]4(C)[C@H](c5ccccc5)[C@H](C2)N(S(=O)(=O)c2ccc(C)cc2)[C@H]34)cc1.ClCCl. The van der Waals surface area contributed by atoms with E-state index >= 15 is 0 Å². The molecule has 3 heterocycles. The number of fused-ring (bicyclic) bond motifs is 4. The largest absolute Gasteiger partial charge is 0.352 e. The molecule has 4 atom stereocenters. The molecule has 7 rings (SSSR count). The van der Waals surface area contributed by atoms with Gasteiger partial charge >= 0.3 is 0 Å². The molecule has 11 heteroatoms. The zero-order valence-corrected chi connectivity index (χ0v) is 29.1. The van der Waals surface area contributed by atoms with Crippen molar-refractivity contribution in [3.05, 3.63) is 125 Å². The van der Waals surface area contributed by atoms with E-state index < -0.39 is 37.7 Å². The molecule has 7 nitrogen and oxygen atoms in total. The molecule has 2 fully saturated rings. The smallest absolute Gasteiger partial charge is 0.245 e. The minimum atomic E-state index is -4.05. The van der Waals surface area contributed by atoms with Gasteiger partial charge in [0.05, 0.1) is 15.1 Å². The van der Waals surface area contributed by atoms with Crippen LogP contribution in [0.5, 0.6) is 0 Å². The molecule has 0 amide bonds. The highest BCUT2D eigenvalue weighted by atomic mass is 35.5. The van der Waals surface area contributed by atoms with Gasteiger partial charge in [-0.05, 0) is 55.3 Å².